The molecule has 2 aliphatic carbocycles. The summed E-state index contributed by atoms with van der Waals surface area (Å²) in [5, 5.41) is 8.75. The number of rotatable bonds is 3. The fourth-order valence-electron chi connectivity index (χ4n) is 3.25. The second kappa shape index (κ2) is 3.80. The van der Waals surface area contributed by atoms with Crippen molar-refractivity contribution in [3.63, 3.8) is 0 Å². The first-order chi connectivity index (χ1) is 8.13. The van der Waals surface area contributed by atoms with Gasteiger partial charge in [0.25, 0.3) is 0 Å². The molecule has 3 rings (SSSR count). The van der Waals surface area contributed by atoms with Crippen molar-refractivity contribution in [2.45, 2.75) is 64.5 Å². The van der Waals surface area contributed by atoms with Gasteiger partial charge in [0.15, 0.2) is 0 Å². The first-order valence-corrected chi connectivity index (χ1v) is 6.77. The van der Waals surface area contributed by atoms with Crippen LogP contribution in [0.4, 0.5) is 0 Å². The van der Waals surface area contributed by atoms with Crippen molar-refractivity contribution in [3.8, 4) is 0 Å². The fraction of sp³-hybridized carbons (Fsp3) is 0.846. The summed E-state index contributed by atoms with van der Waals surface area (Å²) >= 11 is 0. The summed E-state index contributed by atoms with van der Waals surface area (Å²) in [7, 11) is 0. The van der Waals surface area contributed by atoms with Crippen LogP contribution in [0.5, 0.6) is 0 Å². The van der Waals surface area contributed by atoms with E-state index in [4.69, 9.17) is 5.73 Å². The van der Waals surface area contributed by atoms with Crippen LogP contribution in [0.15, 0.2) is 0 Å². The Labute approximate surface area is 103 Å². The molecule has 0 saturated heterocycles. The Balaban J connectivity index is 1.99. The highest BCUT2D eigenvalue weighted by molar-refractivity contribution is 5.12. The van der Waals surface area contributed by atoms with E-state index in [9.17, 15) is 0 Å². The van der Waals surface area contributed by atoms with E-state index in [0.29, 0.717) is 23.9 Å². The van der Waals surface area contributed by atoms with Crippen molar-refractivity contribution in [1.29, 1.82) is 0 Å². The third-order valence-corrected chi connectivity index (χ3v) is 4.46. The van der Waals surface area contributed by atoms with E-state index in [1.807, 2.05) is 0 Å². The fourth-order valence-corrected chi connectivity index (χ4v) is 3.25. The van der Waals surface area contributed by atoms with Gasteiger partial charge in [0, 0.05) is 12.0 Å². The number of nitrogens with zero attached hydrogens (tertiary/aromatic N) is 3. The standard InChI is InChI=1S/C13H22N4/c1-13(2)7-3-4-10(13)12-16-15-11(8-14)17(12)9-5-6-9/h9-10H,3-8,14H2,1-2H3. The SMILES string of the molecule is CC1(C)CCCC1c1nnc(CN)n1C1CC1. The molecular formula is C13H22N4. The van der Waals surface area contributed by atoms with Crippen LogP contribution in [0.2, 0.25) is 0 Å². The molecule has 0 bridgehead atoms. The highest BCUT2D eigenvalue weighted by atomic mass is 15.3. The maximum absolute atomic E-state index is 5.77. The number of hydrogen-bond acceptors (Lipinski definition) is 3. The summed E-state index contributed by atoms with van der Waals surface area (Å²) in [6, 6.07) is 0.634. The Hall–Kier alpha value is -0.900. The molecule has 1 heterocycles. The lowest BCUT2D eigenvalue weighted by Gasteiger charge is -2.26. The Morgan fingerprint density at radius 2 is 2.06 bits per heavy atom. The van der Waals surface area contributed by atoms with Gasteiger partial charge in [-0.2, -0.15) is 0 Å². The molecule has 94 valence electrons. The van der Waals surface area contributed by atoms with E-state index in [1.165, 1.54) is 37.9 Å². The van der Waals surface area contributed by atoms with Gasteiger partial charge in [-0.1, -0.05) is 20.3 Å². The van der Waals surface area contributed by atoms with Crippen LogP contribution in [0.3, 0.4) is 0 Å². The predicted octanol–water partition coefficient (Wildman–Crippen LogP) is 2.37. The Morgan fingerprint density at radius 3 is 2.59 bits per heavy atom. The van der Waals surface area contributed by atoms with Gasteiger partial charge in [0.2, 0.25) is 0 Å². The van der Waals surface area contributed by atoms with Crippen LogP contribution < -0.4 is 5.73 Å². The molecule has 0 amide bonds. The van der Waals surface area contributed by atoms with Crippen LogP contribution in [-0.4, -0.2) is 14.8 Å². The van der Waals surface area contributed by atoms with Gasteiger partial charge >= 0.3 is 0 Å². The average Bonchev–Trinajstić information content (AvgIpc) is 2.94. The van der Waals surface area contributed by atoms with Crippen LogP contribution in [0.25, 0.3) is 0 Å². The van der Waals surface area contributed by atoms with E-state index in [1.54, 1.807) is 0 Å². The smallest absolute Gasteiger partial charge is 0.147 e. The maximum Gasteiger partial charge on any atom is 0.147 e. The minimum atomic E-state index is 0.367. The zero-order valence-corrected chi connectivity index (χ0v) is 10.8. The molecule has 1 aromatic heterocycles. The maximum atomic E-state index is 5.77. The molecule has 17 heavy (non-hydrogen) atoms. The molecule has 2 fully saturated rings. The molecule has 1 atom stereocenters. The lowest BCUT2D eigenvalue weighted by atomic mass is 9.81. The largest absolute Gasteiger partial charge is 0.324 e. The molecule has 0 aromatic carbocycles. The van der Waals surface area contributed by atoms with Gasteiger partial charge in [-0.15, -0.1) is 10.2 Å². The lowest BCUT2D eigenvalue weighted by molar-refractivity contribution is 0.314. The number of nitrogens with two attached hydrogens (primary N) is 1. The topological polar surface area (TPSA) is 56.7 Å². The summed E-state index contributed by atoms with van der Waals surface area (Å²) in [5.74, 6) is 2.75. The van der Waals surface area contributed by atoms with Gasteiger partial charge in [0.1, 0.15) is 11.6 Å². The van der Waals surface area contributed by atoms with E-state index in [-0.39, 0.29) is 0 Å². The van der Waals surface area contributed by atoms with Crippen molar-refractivity contribution >= 4 is 0 Å². The molecule has 1 aromatic rings. The Kier molecular flexibility index (Phi) is 2.51. The van der Waals surface area contributed by atoms with Gasteiger partial charge in [0.05, 0.1) is 6.54 Å². The van der Waals surface area contributed by atoms with Gasteiger partial charge in [-0.3, -0.25) is 0 Å². The summed E-state index contributed by atoms with van der Waals surface area (Å²) in [5.41, 5.74) is 6.14. The van der Waals surface area contributed by atoms with Crippen molar-refractivity contribution in [1.82, 2.24) is 14.8 Å². The van der Waals surface area contributed by atoms with Crippen LogP contribution in [0.1, 0.15) is 69.6 Å². The van der Waals surface area contributed by atoms with E-state index in [2.05, 4.69) is 28.6 Å². The molecule has 0 radical (unpaired) electrons. The zero-order valence-electron chi connectivity index (χ0n) is 10.8. The van der Waals surface area contributed by atoms with Crippen molar-refractivity contribution < 1.29 is 0 Å². The predicted molar refractivity (Wildman–Crippen MR) is 66.6 cm³/mol. The highest BCUT2D eigenvalue weighted by Crippen LogP contribution is 2.50. The minimum Gasteiger partial charge on any atom is -0.324 e. The van der Waals surface area contributed by atoms with Gasteiger partial charge < -0.3 is 10.3 Å². The minimum absolute atomic E-state index is 0.367. The lowest BCUT2D eigenvalue weighted by Crippen LogP contribution is -2.20. The van der Waals surface area contributed by atoms with Crippen molar-refractivity contribution in [3.05, 3.63) is 11.6 Å². The van der Waals surface area contributed by atoms with Crippen LogP contribution in [0, 0.1) is 5.41 Å². The molecular weight excluding hydrogens is 212 g/mol. The summed E-state index contributed by atoms with van der Waals surface area (Å²) < 4.78 is 2.34. The normalized spacial score (nSPS) is 27.6. The second-order valence-electron chi connectivity index (χ2n) is 6.21. The van der Waals surface area contributed by atoms with Crippen molar-refractivity contribution in [2.75, 3.05) is 0 Å². The van der Waals surface area contributed by atoms with E-state index in [0.717, 1.165) is 5.82 Å². The van der Waals surface area contributed by atoms with Crippen LogP contribution in [-0.2, 0) is 6.54 Å². The third kappa shape index (κ3) is 1.79. The monoisotopic (exact) mass is 234 g/mol. The second-order valence-corrected chi connectivity index (χ2v) is 6.21. The van der Waals surface area contributed by atoms with Gasteiger partial charge in [-0.25, -0.2) is 0 Å². The molecule has 1 unspecified atom stereocenters. The van der Waals surface area contributed by atoms with Crippen molar-refractivity contribution in [2.24, 2.45) is 11.1 Å². The molecule has 4 nitrogen and oxygen atoms in total. The summed E-state index contributed by atoms with van der Waals surface area (Å²) in [6.07, 6.45) is 6.40. The molecule has 2 aliphatic rings. The molecule has 4 heteroatoms. The highest BCUT2D eigenvalue weighted by Gasteiger charge is 2.41. The Morgan fingerprint density at radius 1 is 1.29 bits per heavy atom. The van der Waals surface area contributed by atoms with Gasteiger partial charge in [-0.05, 0) is 31.1 Å². The molecule has 2 saturated carbocycles. The summed E-state index contributed by atoms with van der Waals surface area (Å²) in [4.78, 5) is 0. The average molecular weight is 234 g/mol. The first kappa shape index (κ1) is 11.2. The number of hydrogen-bond donors (Lipinski definition) is 1. The Bertz CT molecular complexity index is 417. The first-order valence-electron chi connectivity index (χ1n) is 6.77. The zero-order chi connectivity index (χ0) is 12.0. The van der Waals surface area contributed by atoms with E-state index < -0.39 is 0 Å². The molecule has 0 aliphatic heterocycles. The molecule has 0 spiro atoms. The third-order valence-electron chi connectivity index (χ3n) is 4.46. The summed E-state index contributed by atoms with van der Waals surface area (Å²) in [6.45, 7) is 5.23. The number of aromatic nitrogens is 3. The molecule has 2 N–H and O–H groups in total. The van der Waals surface area contributed by atoms with Crippen LogP contribution >= 0.6 is 0 Å². The quantitative estimate of drug-likeness (QED) is 0.873. The van der Waals surface area contributed by atoms with E-state index >= 15 is 0 Å².